The highest BCUT2D eigenvalue weighted by atomic mass is 19.1. The molecule has 1 aromatic rings. The lowest BCUT2D eigenvalue weighted by Gasteiger charge is -2.31. The van der Waals surface area contributed by atoms with Crippen LogP contribution in [-0.2, 0) is 0 Å². The van der Waals surface area contributed by atoms with Crippen LogP contribution < -0.4 is 5.32 Å². The first kappa shape index (κ1) is 11.1. The van der Waals surface area contributed by atoms with Crippen LogP contribution in [0.4, 0.5) is 4.39 Å². The molecule has 2 rings (SSSR count). The monoisotopic (exact) mass is 221 g/mol. The summed E-state index contributed by atoms with van der Waals surface area (Å²) in [5.41, 5.74) is 0.133. The van der Waals surface area contributed by atoms with Gasteiger partial charge < -0.3 is 5.32 Å². The summed E-state index contributed by atoms with van der Waals surface area (Å²) in [5, 5.41) is 2.86. The fraction of sp³-hybridized carbons (Fsp3) is 0.462. The Labute approximate surface area is 94.9 Å². The van der Waals surface area contributed by atoms with E-state index >= 15 is 0 Å². The maximum absolute atomic E-state index is 13.3. The molecule has 1 unspecified atom stereocenters. The normalized spacial score (nSPS) is 17.6. The van der Waals surface area contributed by atoms with Gasteiger partial charge >= 0.3 is 0 Å². The Bertz CT molecular complexity index is 387. The number of carbonyl (C=O) groups is 1. The summed E-state index contributed by atoms with van der Waals surface area (Å²) in [6, 6.07) is 6.22. The molecule has 0 heterocycles. The van der Waals surface area contributed by atoms with Crippen LogP contribution in [0, 0.1) is 11.7 Å². The number of hydrogen-bond acceptors (Lipinski definition) is 1. The fourth-order valence-electron chi connectivity index (χ4n) is 1.99. The van der Waals surface area contributed by atoms with Gasteiger partial charge in [-0.25, -0.2) is 4.39 Å². The zero-order valence-electron chi connectivity index (χ0n) is 9.37. The highest BCUT2D eigenvalue weighted by Gasteiger charge is 2.25. The lowest BCUT2D eigenvalue weighted by atomic mass is 9.80. The maximum Gasteiger partial charge on any atom is 0.254 e. The third kappa shape index (κ3) is 2.23. The van der Waals surface area contributed by atoms with E-state index in [9.17, 15) is 9.18 Å². The summed E-state index contributed by atoms with van der Waals surface area (Å²) in [6.07, 6.45) is 3.57. The third-order valence-electron chi connectivity index (χ3n) is 3.33. The molecule has 1 saturated carbocycles. The fourth-order valence-corrected chi connectivity index (χ4v) is 1.99. The minimum absolute atomic E-state index is 0.133. The van der Waals surface area contributed by atoms with Crippen molar-refractivity contribution in [2.45, 2.75) is 32.2 Å². The second kappa shape index (κ2) is 4.64. The van der Waals surface area contributed by atoms with Crippen molar-refractivity contribution in [1.82, 2.24) is 5.32 Å². The van der Waals surface area contributed by atoms with E-state index in [1.165, 1.54) is 31.4 Å². The zero-order valence-corrected chi connectivity index (χ0v) is 9.37. The third-order valence-corrected chi connectivity index (χ3v) is 3.33. The van der Waals surface area contributed by atoms with Crippen molar-refractivity contribution in [3.8, 4) is 0 Å². The Morgan fingerprint density at radius 1 is 1.44 bits per heavy atom. The highest BCUT2D eigenvalue weighted by molar-refractivity contribution is 5.94. The molecule has 1 fully saturated rings. The number of amides is 1. The maximum atomic E-state index is 13.3. The Hall–Kier alpha value is -1.38. The molecule has 0 saturated heterocycles. The first-order valence-electron chi connectivity index (χ1n) is 5.74. The highest BCUT2D eigenvalue weighted by Crippen LogP contribution is 2.29. The minimum atomic E-state index is -0.458. The van der Waals surface area contributed by atoms with E-state index in [-0.39, 0.29) is 17.5 Å². The number of nitrogens with one attached hydrogen (secondary N) is 1. The van der Waals surface area contributed by atoms with Gasteiger partial charge in [-0.05, 0) is 37.8 Å². The van der Waals surface area contributed by atoms with Crippen LogP contribution in [0.2, 0.25) is 0 Å². The van der Waals surface area contributed by atoms with Gasteiger partial charge in [0.25, 0.3) is 5.91 Å². The Morgan fingerprint density at radius 2 is 2.12 bits per heavy atom. The standard InChI is InChI=1S/C13H16FNO/c1-9(10-5-4-6-10)15-13(16)11-7-2-3-8-12(11)14/h2-3,7-10H,4-6H2,1H3,(H,15,16). The molecule has 16 heavy (non-hydrogen) atoms. The summed E-state index contributed by atoms with van der Waals surface area (Å²) < 4.78 is 13.3. The van der Waals surface area contributed by atoms with Crippen molar-refractivity contribution >= 4 is 5.91 Å². The van der Waals surface area contributed by atoms with Crippen LogP contribution >= 0.6 is 0 Å². The first-order chi connectivity index (χ1) is 7.68. The van der Waals surface area contributed by atoms with Crippen LogP contribution in [-0.4, -0.2) is 11.9 Å². The molecule has 0 spiro atoms. The second-order valence-electron chi connectivity index (χ2n) is 4.43. The summed E-state index contributed by atoms with van der Waals surface area (Å²) >= 11 is 0. The molecule has 0 aliphatic heterocycles. The predicted molar refractivity (Wildman–Crippen MR) is 60.7 cm³/mol. The molecule has 3 heteroatoms. The quantitative estimate of drug-likeness (QED) is 0.835. The van der Waals surface area contributed by atoms with Gasteiger partial charge in [-0.2, -0.15) is 0 Å². The van der Waals surface area contributed by atoms with Gasteiger partial charge in [0.1, 0.15) is 5.82 Å². The molecule has 0 bridgehead atoms. The molecule has 1 atom stereocenters. The van der Waals surface area contributed by atoms with Gasteiger partial charge in [0.2, 0.25) is 0 Å². The summed E-state index contributed by atoms with van der Waals surface area (Å²) in [4.78, 5) is 11.8. The van der Waals surface area contributed by atoms with Gasteiger partial charge in [-0.3, -0.25) is 4.79 Å². The van der Waals surface area contributed by atoms with E-state index in [0.717, 1.165) is 0 Å². The summed E-state index contributed by atoms with van der Waals surface area (Å²) in [5.74, 6) is -0.200. The van der Waals surface area contributed by atoms with E-state index in [4.69, 9.17) is 0 Å². The molecule has 0 aromatic heterocycles. The van der Waals surface area contributed by atoms with E-state index in [1.807, 2.05) is 6.92 Å². The molecule has 1 aromatic carbocycles. The lowest BCUT2D eigenvalue weighted by molar-refractivity contribution is 0.0905. The van der Waals surface area contributed by atoms with Crippen LogP contribution in [0.3, 0.4) is 0 Å². The van der Waals surface area contributed by atoms with Crippen molar-refractivity contribution in [3.05, 3.63) is 35.6 Å². The number of halogens is 1. The topological polar surface area (TPSA) is 29.1 Å². The number of rotatable bonds is 3. The second-order valence-corrected chi connectivity index (χ2v) is 4.43. The summed E-state index contributed by atoms with van der Waals surface area (Å²) in [7, 11) is 0. The van der Waals surface area contributed by atoms with E-state index < -0.39 is 5.82 Å². The average Bonchev–Trinajstić information content (AvgIpc) is 2.15. The van der Waals surface area contributed by atoms with Gasteiger partial charge in [-0.1, -0.05) is 18.6 Å². The molecule has 1 N–H and O–H groups in total. The average molecular weight is 221 g/mol. The van der Waals surface area contributed by atoms with Crippen molar-refractivity contribution in [3.63, 3.8) is 0 Å². The van der Waals surface area contributed by atoms with Gasteiger partial charge in [0, 0.05) is 6.04 Å². The molecule has 1 aliphatic carbocycles. The molecule has 2 nitrogen and oxygen atoms in total. The molecular formula is C13H16FNO. The largest absolute Gasteiger partial charge is 0.349 e. The molecular weight excluding hydrogens is 205 g/mol. The number of benzene rings is 1. The first-order valence-corrected chi connectivity index (χ1v) is 5.74. The minimum Gasteiger partial charge on any atom is -0.349 e. The van der Waals surface area contributed by atoms with Crippen LogP contribution in [0.15, 0.2) is 24.3 Å². The van der Waals surface area contributed by atoms with E-state index in [2.05, 4.69) is 5.32 Å². The molecule has 1 aliphatic rings. The number of hydrogen-bond donors (Lipinski definition) is 1. The smallest absolute Gasteiger partial charge is 0.254 e. The SMILES string of the molecule is CC(NC(=O)c1ccccc1F)C1CCC1. The molecule has 1 amide bonds. The van der Waals surface area contributed by atoms with Crippen molar-refractivity contribution in [1.29, 1.82) is 0 Å². The Morgan fingerprint density at radius 3 is 2.69 bits per heavy atom. The molecule has 86 valence electrons. The zero-order chi connectivity index (χ0) is 11.5. The van der Waals surface area contributed by atoms with Crippen LogP contribution in [0.5, 0.6) is 0 Å². The van der Waals surface area contributed by atoms with Crippen LogP contribution in [0.1, 0.15) is 36.5 Å². The number of carbonyl (C=O) groups excluding carboxylic acids is 1. The van der Waals surface area contributed by atoms with Gasteiger partial charge in [0.15, 0.2) is 0 Å². The molecule has 0 radical (unpaired) electrons. The van der Waals surface area contributed by atoms with Gasteiger partial charge in [-0.15, -0.1) is 0 Å². The summed E-state index contributed by atoms with van der Waals surface area (Å²) in [6.45, 7) is 1.99. The van der Waals surface area contributed by atoms with E-state index in [0.29, 0.717) is 5.92 Å². The Balaban J connectivity index is 2.00. The Kier molecular flexibility index (Phi) is 3.22. The van der Waals surface area contributed by atoms with E-state index in [1.54, 1.807) is 12.1 Å². The lowest BCUT2D eigenvalue weighted by Crippen LogP contribution is -2.40. The van der Waals surface area contributed by atoms with Gasteiger partial charge in [0.05, 0.1) is 5.56 Å². The van der Waals surface area contributed by atoms with Crippen molar-refractivity contribution in [2.24, 2.45) is 5.92 Å². The van der Waals surface area contributed by atoms with Crippen molar-refractivity contribution < 1.29 is 9.18 Å². The van der Waals surface area contributed by atoms with Crippen molar-refractivity contribution in [2.75, 3.05) is 0 Å². The predicted octanol–water partition coefficient (Wildman–Crippen LogP) is 2.74. The van der Waals surface area contributed by atoms with Crippen LogP contribution in [0.25, 0.3) is 0 Å².